The van der Waals surface area contributed by atoms with Gasteiger partial charge in [0.25, 0.3) is 0 Å². The minimum Gasteiger partial charge on any atom is -0.465 e. The Labute approximate surface area is 177 Å². The number of ether oxygens (including phenoxy) is 1. The summed E-state index contributed by atoms with van der Waals surface area (Å²) in [6.45, 7) is 3.32. The number of rotatable bonds is 8. The molecule has 1 N–H and O–H groups in total. The molecule has 0 saturated carbocycles. The van der Waals surface area contributed by atoms with Gasteiger partial charge in [0.15, 0.2) is 0 Å². The first kappa shape index (κ1) is 20.6. The normalized spacial score (nSPS) is 15.9. The lowest BCUT2D eigenvalue weighted by atomic mass is 9.91. The Morgan fingerprint density at radius 2 is 2.07 bits per heavy atom. The quantitative estimate of drug-likeness (QED) is 0.443. The van der Waals surface area contributed by atoms with Crippen LogP contribution in [0.4, 0.5) is 4.39 Å². The van der Waals surface area contributed by atoms with Gasteiger partial charge in [0, 0.05) is 22.6 Å². The molecule has 3 aromatic rings. The van der Waals surface area contributed by atoms with E-state index in [2.05, 4.69) is 29.6 Å². The summed E-state index contributed by atoms with van der Waals surface area (Å²) in [5, 5.41) is 4.61. The maximum absolute atomic E-state index is 14.0. The Morgan fingerprint density at radius 1 is 1.23 bits per heavy atom. The molecule has 0 amide bonds. The molecule has 1 aromatic heterocycles. The largest absolute Gasteiger partial charge is 0.465 e. The van der Waals surface area contributed by atoms with Crippen molar-refractivity contribution < 1.29 is 13.9 Å². The Bertz CT molecular complexity index is 1010. The molecule has 2 aromatic carbocycles. The van der Waals surface area contributed by atoms with Crippen LogP contribution in [0.3, 0.4) is 0 Å². The first-order valence-electron chi connectivity index (χ1n) is 10.9. The molecule has 4 rings (SSSR count). The van der Waals surface area contributed by atoms with Crippen LogP contribution < -0.4 is 5.32 Å². The van der Waals surface area contributed by atoms with Gasteiger partial charge in [-0.25, -0.2) is 4.39 Å². The fourth-order valence-corrected chi connectivity index (χ4v) is 4.56. The number of hydrogen-bond donors (Lipinski definition) is 1. The van der Waals surface area contributed by atoms with Crippen LogP contribution >= 0.6 is 0 Å². The smallest absolute Gasteiger partial charge is 0.325 e. The van der Waals surface area contributed by atoms with Gasteiger partial charge in [-0.1, -0.05) is 30.3 Å². The van der Waals surface area contributed by atoms with Crippen molar-refractivity contribution >= 4 is 16.9 Å². The lowest BCUT2D eigenvalue weighted by Gasteiger charge is -2.25. The van der Waals surface area contributed by atoms with E-state index >= 15 is 0 Å². The number of carbonyl (C=O) groups excluding carboxylic acids is 1. The summed E-state index contributed by atoms with van der Waals surface area (Å²) in [6.07, 6.45) is 4.90. The number of fused-ring (bicyclic) bond motifs is 3. The number of benzene rings is 2. The van der Waals surface area contributed by atoms with E-state index in [1.807, 2.05) is 17.6 Å². The van der Waals surface area contributed by atoms with Crippen molar-refractivity contribution in [2.24, 2.45) is 0 Å². The van der Waals surface area contributed by atoms with Crippen molar-refractivity contribution in [1.82, 2.24) is 9.88 Å². The summed E-state index contributed by atoms with van der Waals surface area (Å²) in [5.41, 5.74) is 4.59. The molecule has 0 saturated heterocycles. The SMILES string of the molecule is CCOC(=O)Cn1c2c(c3cc(F)ccc31)C[C@@H](NCCCc1ccccc1)CC2. The van der Waals surface area contributed by atoms with Crippen LogP contribution in [0.1, 0.15) is 36.6 Å². The summed E-state index contributed by atoms with van der Waals surface area (Å²) in [6, 6.07) is 15.8. The van der Waals surface area contributed by atoms with E-state index in [0.29, 0.717) is 12.6 Å². The van der Waals surface area contributed by atoms with Crippen molar-refractivity contribution in [3.8, 4) is 0 Å². The Kier molecular flexibility index (Phi) is 6.48. The Hall–Kier alpha value is -2.66. The number of aryl methyl sites for hydroxylation is 1. The number of halogens is 1. The third kappa shape index (κ3) is 4.57. The zero-order valence-electron chi connectivity index (χ0n) is 17.5. The van der Waals surface area contributed by atoms with Crippen molar-refractivity contribution in [1.29, 1.82) is 0 Å². The van der Waals surface area contributed by atoms with E-state index < -0.39 is 0 Å². The van der Waals surface area contributed by atoms with Crippen LogP contribution in [0.15, 0.2) is 48.5 Å². The molecular weight excluding hydrogens is 379 g/mol. The fourth-order valence-electron chi connectivity index (χ4n) is 4.56. The molecule has 1 heterocycles. The predicted molar refractivity (Wildman–Crippen MR) is 117 cm³/mol. The second-order valence-electron chi connectivity index (χ2n) is 7.96. The van der Waals surface area contributed by atoms with Crippen LogP contribution in [-0.4, -0.2) is 29.7 Å². The minimum atomic E-state index is -0.248. The number of nitrogens with zero attached hydrogens (tertiary/aromatic N) is 1. The lowest BCUT2D eigenvalue weighted by Crippen LogP contribution is -2.35. The zero-order valence-corrected chi connectivity index (χ0v) is 17.5. The fraction of sp³-hybridized carbons (Fsp3) is 0.400. The second-order valence-corrected chi connectivity index (χ2v) is 7.96. The molecule has 4 nitrogen and oxygen atoms in total. The van der Waals surface area contributed by atoms with Crippen LogP contribution in [0.25, 0.3) is 10.9 Å². The molecular formula is C25H29FN2O2. The molecule has 0 spiro atoms. The molecule has 1 aliphatic carbocycles. The van der Waals surface area contributed by atoms with Gasteiger partial charge < -0.3 is 14.6 Å². The van der Waals surface area contributed by atoms with Crippen molar-refractivity contribution in [3.05, 3.63) is 71.2 Å². The summed E-state index contributed by atoms with van der Waals surface area (Å²) in [4.78, 5) is 12.1. The summed E-state index contributed by atoms with van der Waals surface area (Å²) >= 11 is 0. The van der Waals surface area contributed by atoms with Gasteiger partial charge in [-0.15, -0.1) is 0 Å². The van der Waals surface area contributed by atoms with Gasteiger partial charge >= 0.3 is 5.97 Å². The first-order valence-corrected chi connectivity index (χ1v) is 10.9. The zero-order chi connectivity index (χ0) is 20.9. The predicted octanol–water partition coefficient (Wildman–Crippen LogP) is 4.42. The highest BCUT2D eigenvalue weighted by molar-refractivity contribution is 5.87. The average Bonchev–Trinajstić information content (AvgIpc) is 3.04. The highest BCUT2D eigenvalue weighted by atomic mass is 19.1. The topological polar surface area (TPSA) is 43.3 Å². The number of nitrogens with one attached hydrogen (secondary N) is 1. The van der Waals surface area contributed by atoms with Crippen LogP contribution in [-0.2, 0) is 35.3 Å². The van der Waals surface area contributed by atoms with Gasteiger partial charge in [0.2, 0.25) is 0 Å². The minimum absolute atomic E-state index is 0.181. The molecule has 1 atom stereocenters. The third-order valence-corrected chi connectivity index (χ3v) is 5.94. The third-order valence-electron chi connectivity index (χ3n) is 5.94. The summed E-state index contributed by atoms with van der Waals surface area (Å²) in [7, 11) is 0. The van der Waals surface area contributed by atoms with Gasteiger partial charge in [0.1, 0.15) is 12.4 Å². The molecule has 0 fully saturated rings. The van der Waals surface area contributed by atoms with Crippen LogP contribution in [0, 0.1) is 5.82 Å². The van der Waals surface area contributed by atoms with Crippen molar-refractivity contribution in [3.63, 3.8) is 0 Å². The second kappa shape index (κ2) is 9.43. The van der Waals surface area contributed by atoms with E-state index in [9.17, 15) is 9.18 Å². The number of carbonyl (C=O) groups is 1. The monoisotopic (exact) mass is 408 g/mol. The van der Waals surface area contributed by atoms with Crippen LogP contribution in [0.2, 0.25) is 0 Å². The molecule has 0 bridgehead atoms. The van der Waals surface area contributed by atoms with Crippen molar-refractivity contribution in [2.75, 3.05) is 13.2 Å². The highest BCUT2D eigenvalue weighted by Gasteiger charge is 2.26. The van der Waals surface area contributed by atoms with Gasteiger partial charge in [-0.05, 0) is 74.9 Å². The Balaban J connectivity index is 1.46. The van der Waals surface area contributed by atoms with Gasteiger partial charge in [0.05, 0.1) is 6.61 Å². The standard InChI is InChI=1S/C25H29FN2O2/c1-2-30-25(29)17-28-23-12-10-19(26)15-21(23)22-16-20(11-13-24(22)28)27-14-6-9-18-7-4-3-5-8-18/h3-5,7-8,10,12,15,20,27H,2,6,9,11,13-14,16-17H2,1H3/t20-/m0/s1. The van der Waals surface area contributed by atoms with E-state index in [-0.39, 0.29) is 18.3 Å². The molecule has 1 aliphatic rings. The molecule has 30 heavy (non-hydrogen) atoms. The summed E-state index contributed by atoms with van der Waals surface area (Å²) < 4.78 is 21.2. The highest BCUT2D eigenvalue weighted by Crippen LogP contribution is 2.33. The van der Waals surface area contributed by atoms with E-state index in [0.717, 1.165) is 55.2 Å². The molecule has 5 heteroatoms. The Morgan fingerprint density at radius 3 is 2.87 bits per heavy atom. The maximum Gasteiger partial charge on any atom is 0.325 e. The molecule has 0 aliphatic heterocycles. The van der Waals surface area contributed by atoms with Crippen LogP contribution in [0.5, 0.6) is 0 Å². The maximum atomic E-state index is 14.0. The van der Waals surface area contributed by atoms with E-state index in [1.54, 1.807) is 12.1 Å². The lowest BCUT2D eigenvalue weighted by molar-refractivity contribution is -0.143. The van der Waals surface area contributed by atoms with Gasteiger partial charge in [-0.2, -0.15) is 0 Å². The average molecular weight is 409 g/mol. The number of hydrogen-bond acceptors (Lipinski definition) is 3. The summed E-state index contributed by atoms with van der Waals surface area (Å²) in [5.74, 6) is -0.487. The number of esters is 1. The number of aromatic nitrogens is 1. The van der Waals surface area contributed by atoms with Crippen molar-refractivity contribution in [2.45, 2.75) is 51.6 Å². The first-order chi connectivity index (χ1) is 14.7. The van der Waals surface area contributed by atoms with Gasteiger partial charge in [-0.3, -0.25) is 4.79 Å². The van der Waals surface area contributed by atoms with E-state index in [1.165, 1.54) is 17.2 Å². The molecule has 0 unspecified atom stereocenters. The molecule has 158 valence electrons. The molecule has 0 radical (unpaired) electrons. The van der Waals surface area contributed by atoms with E-state index in [4.69, 9.17) is 4.74 Å².